The molecule has 0 bridgehead atoms. The normalized spacial score (nSPS) is 23.1. The largest absolute Gasteiger partial charge is 0.357 e. The zero-order valence-electron chi connectivity index (χ0n) is 15.2. The van der Waals surface area contributed by atoms with Crippen molar-refractivity contribution in [3.63, 3.8) is 0 Å². The van der Waals surface area contributed by atoms with Crippen molar-refractivity contribution in [1.82, 2.24) is 20.0 Å². The lowest BCUT2D eigenvalue weighted by molar-refractivity contribution is -0.120. The molecule has 0 aromatic carbocycles. The van der Waals surface area contributed by atoms with Crippen LogP contribution in [0.15, 0.2) is 17.4 Å². The Morgan fingerprint density at radius 1 is 1.40 bits per heavy atom. The average Bonchev–Trinajstić information content (AvgIpc) is 3.50. The van der Waals surface area contributed by atoms with Crippen LogP contribution in [0.5, 0.6) is 0 Å². The molecule has 7 heteroatoms. The molecule has 1 N–H and O–H groups in total. The summed E-state index contributed by atoms with van der Waals surface area (Å²) in [6.07, 6.45) is 9.06. The minimum Gasteiger partial charge on any atom is -0.357 e. The van der Waals surface area contributed by atoms with Crippen LogP contribution in [0, 0.1) is 11.3 Å². The second kappa shape index (κ2) is 6.35. The number of nitrogens with one attached hydrogen (secondary N) is 1. The van der Waals surface area contributed by atoms with Gasteiger partial charge in [-0.1, -0.05) is 0 Å². The van der Waals surface area contributed by atoms with Gasteiger partial charge in [0, 0.05) is 39.4 Å². The number of piperazine rings is 1. The SMILES string of the molecule is CCNC(=NCC1(C2CC2)CC1)N1CCN(c2cnn(C)c2)C(=O)C1. The van der Waals surface area contributed by atoms with E-state index in [1.807, 2.05) is 18.1 Å². The van der Waals surface area contributed by atoms with Crippen LogP contribution in [-0.4, -0.2) is 59.3 Å². The van der Waals surface area contributed by atoms with Gasteiger partial charge in [-0.25, -0.2) is 0 Å². The fourth-order valence-electron chi connectivity index (χ4n) is 3.88. The van der Waals surface area contributed by atoms with Crippen molar-refractivity contribution in [2.45, 2.75) is 32.6 Å². The first kappa shape index (κ1) is 16.4. The van der Waals surface area contributed by atoms with Crippen LogP contribution >= 0.6 is 0 Å². The summed E-state index contributed by atoms with van der Waals surface area (Å²) in [5.74, 6) is 1.91. The fraction of sp³-hybridized carbons (Fsp3) is 0.722. The van der Waals surface area contributed by atoms with Crippen LogP contribution in [0.3, 0.4) is 0 Å². The summed E-state index contributed by atoms with van der Waals surface area (Å²) in [4.78, 5) is 21.5. The second-order valence-corrected chi connectivity index (χ2v) is 7.65. The first-order valence-corrected chi connectivity index (χ1v) is 9.43. The highest BCUT2D eigenvalue weighted by molar-refractivity contribution is 5.98. The van der Waals surface area contributed by atoms with Crippen molar-refractivity contribution in [3.05, 3.63) is 12.4 Å². The summed E-state index contributed by atoms with van der Waals surface area (Å²) >= 11 is 0. The number of aliphatic imine (C=N–C) groups is 1. The Bertz CT molecular complexity index is 673. The zero-order valence-corrected chi connectivity index (χ0v) is 15.2. The molecule has 3 fully saturated rings. The average molecular weight is 344 g/mol. The van der Waals surface area contributed by atoms with Gasteiger partial charge in [0.25, 0.3) is 0 Å². The number of rotatable bonds is 5. The van der Waals surface area contributed by atoms with Gasteiger partial charge in [-0.15, -0.1) is 0 Å². The van der Waals surface area contributed by atoms with Gasteiger partial charge >= 0.3 is 0 Å². The van der Waals surface area contributed by atoms with Gasteiger partial charge < -0.3 is 15.1 Å². The van der Waals surface area contributed by atoms with E-state index in [1.165, 1.54) is 25.7 Å². The second-order valence-electron chi connectivity index (χ2n) is 7.65. The van der Waals surface area contributed by atoms with Crippen molar-refractivity contribution in [1.29, 1.82) is 0 Å². The number of aryl methyl sites for hydroxylation is 1. The third-order valence-electron chi connectivity index (χ3n) is 5.74. The summed E-state index contributed by atoms with van der Waals surface area (Å²) in [6, 6.07) is 0. The molecule has 1 saturated heterocycles. The first-order valence-electron chi connectivity index (χ1n) is 9.43. The lowest BCUT2D eigenvalue weighted by Gasteiger charge is -2.35. The summed E-state index contributed by atoms with van der Waals surface area (Å²) in [6.45, 7) is 5.66. The molecule has 0 atom stereocenters. The van der Waals surface area contributed by atoms with Gasteiger partial charge in [0.15, 0.2) is 5.96 Å². The van der Waals surface area contributed by atoms with E-state index in [4.69, 9.17) is 4.99 Å². The fourth-order valence-corrected chi connectivity index (χ4v) is 3.88. The molecule has 2 aliphatic carbocycles. The Morgan fingerprint density at radius 3 is 2.76 bits per heavy atom. The summed E-state index contributed by atoms with van der Waals surface area (Å²) < 4.78 is 1.73. The highest BCUT2D eigenvalue weighted by Gasteiger charge is 2.53. The Balaban J connectivity index is 1.41. The highest BCUT2D eigenvalue weighted by atomic mass is 16.2. The minimum absolute atomic E-state index is 0.105. The van der Waals surface area contributed by atoms with Crippen LogP contribution in [0.4, 0.5) is 5.69 Å². The number of amides is 1. The van der Waals surface area contributed by atoms with E-state index in [0.29, 0.717) is 18.5 Å². The number of hydrogen-bond acceptors (Lipinski definition) is 3. The maximum absolute atomic E-state index is 12.6. The van der Waals surface area contributed by atoms with Crippen molar-refractivity contribution >= 4 is 17.6 Å². The molecule has 3 aliphatic rings. The molecule has 2 saturated carbocycles. The van der Waals surface area contributed by atoms with Crippen molar-refractivity contribution < 1.29 is 4.79 Å². The van der Waals surface area contributed by atoms with Gasteiger partial charge in [0.2, 0.25) is 5.91 Å². The zero-order chi connectivity index (χ0) is 17.4. The van der Waals surface area contributed by atoms with Gasteiger partial charge in [-0.05, 0) is 43.9 Å². The van der Waals surface area contributed by atoms with Crippen LogP contribution in [-0.2, 0) is 11.8 Å². The number of hydrogen-bond donors (Lipinski definition) is 1. The molecular formula is C18H28N6O. The van der Waals surface area contributed by atoms with Gasteiger partial charge in [0.05, 0.1) is 11.9 Å². The van der Waals surface area contributed by atoms with E-state index in [9.17, 15) is 4.79 Å². The molecule has 0 spiro atoms. The number of carbonyl (C=O) groups excluding carboxylic acids is 1. The standard InChI is InChI=1S/C18H28N6O/c1-3-19-17(20-13-18(6-7-18)14-4-5-14)23-8-9-24(16(25)12-23)15-10-21-22(2)11-15/h10-11,14H,3-9,12-13H2,1-2H3,(H,19,20). The molecule has 1 amide bonds. The predicted molar refractivity (Wildman–Crippen MR) is 97.5 cm³/mol. The molecular weight excluding hydrogens is 316 g/mol. The minimum atomic E-state index is 0.105. The predicted octanol–water partition coefficient (Wildman–Crippen LogP) is 1.22. The van der Waals surface area contributed by atoms with Gasteiger partial charge in [-0.3, -0.25) is 14.5 Å². The topological polar surface area (TPSA) is 65.8 Å². The third kappa shape index (κ3) is 3.37. The monoisotopic (exact) mass is 344 g/mol. The molecule has 4 rings (SSSR count). The van der Waals surface area contributed by atoms with Crippen LogP contribution in [0.2, 0.25) is 0 Å². The molecule has 7 nitrogen and oxygen atoms in total. The van der Waals surface area contributed by atoms with E-state index in [-0.39, 0.29) is 5.91 Å². The number of anilines is 1. The smallest absolute Gasteiger partial charge is 0.246 e. The molecule has 25 heavy (non-hydrogen) atoms. The Labute approximate surface area is 149 Å². The highest BCUT2D eigenvalue weighted by Crippen LogP contribution is 2.61. The summed E-state index contributed by atoms with van der Waals surface area (Å²) in [7, 11) is 1.87. The van der Waals surface area contributed by atoms with Crippen LogP contribution in [0.25, 0.3) is 0 Å². The summed E-state index contributed by atoms with van der Waals surface area (Å²) in [5, 5.41) is 7.55. The molecule has 1 aromatic heterocycles. The lowest BCUT2D eigenvalue weighted by atomic mass is 10.0. The van der Waals surface area contributed by atoms with E-state index in [0.717, 1.165) is 37.2 Å². The number of guanidine groups is 1. The van der Waals surface area contributed by atoms with Crippen LogP contribution < -0.4 is 10.2 Å². The molecule has 136 valence electrons. The van der Waals surface area contributed by atoms with Crippen molar-refractivity contribution in [2.75, 3.05) is 37.6 Å². The van der Waals surface area contributed by atoms with Gasteiger partial charge in [-0.2, -0.15) is 5.10 Å². The molecule has 2 heterocycles. The maximum atomic E-state index is 12.6. The van der Waals surface area contributed by atoms with E-state index < -0.39 is 0 Å². The van der Waals surface area contributed by atoms with Crippen molar-refractivity contribution in [2.24, 2.45) is 23.4 Å². The quantitative estimate of drug-likeness (QED) is 0.644. The molecule has 1 aliphatic heterocycles. The van der Waals surface area contributed by atoms with E-state index >= 15 is 0 Å². The van der Waals surface area contributed by atoms with Crippen molar-refractivity contribution in [3.8, 4) is 0 Å². The number of nitrogens with zero attached hydrogens (tertiary/aromatic N) is 5. The van der Waals surface area contributed by atoms with E-state index in [1.54, 1.807) is 10.9 Å². The number of carbonyl (C=O) groups is 1. The molecule has 0 unspecified atom stereocenters. The maximum Gasteiger partial charge on any atom is 0.246 e. The Kier molecular flexibility index (Phi) is 4.17. The Hall–Kier alpha value is -2.05. The lowest BCUT2D eigenvalue weighted by Crippen LogP contribution is -2.55. The number of aromatic nitrogens is 2. The Morgan fingerprint density at radius 2 is 2.20 bits per heavy atom. The summed E-state index contributed by atoms with van der Waals surface area (Å²) in [5.41, 5.74) is 1.36. The van der Waals surface area contributed by atoms with Crippen LogP contribution in [0.1, 0.15) is 32.6 Å². The third-order valence-corrected chi connectivity index (χ3v) is 5.74. The van der Waals surface area contributed by atoms with E-state index in [2.05, 4.69) is 22.2 Å². The molecule has 0 radical (unpaired) electrons. The van der Waals surface area contributed by atoms with Gasteiger partial charge in [0.1, 0.15) is 6.54 Å². The first-order chi connectivity index (χ1) is 12.1. The molecule has 1 aromatic rings.